The zero-order chi connectivity index (χ0) is 23.8. The number of hydrogen-bond acceptors (Lipinski definition) is 5. The van der Waals surface area contributed by atoms with Crippen LogP contribution >= 0.6 is 0 Å². The normalized spacial score (nSPS) is 19.7. The van der Waals surface area contributed by atoms with E-state index >= 15 is 0 Å². The number of amides is 2. The fourth-order valence-corrected chi connectivity index (χ4v) is 5.43. The van der Waals surface area contributed by atoms with Gasteiger partial charge in [0.2, 0.25) is 5.91 Å². The van der Waals surface area contributed by atoms with Crippen molar-refractivity contribution in [2.24, 2.45) is 0 Å². The van der Waals surface area contributed by atoms with E-state index in [1.54, 1.807) is 17.0 Å². The molecule has 4 heterocycles. The third-order valence-electron chi connectivity index (χ3n) is 7.37. The molecule has 0 aliphatic carbocycles. The van der Waals surface area contributed by atoms with Gasteiger partial charge in [0, 0.05) is 52.1 Å². The van der Waals surface area contributed by atoms with Crippen LogP contribution in [0.25, 0.3) is 0 Å². The van der Waals surface area contributed by atoms with Gasteiger partial charge in [0.05, 0.1) is 12.9 Å². The van der Waals surface area contributed by atoms with Crippen molar-refractivity contribution in [1.29, 1.82) is 0 Å². The predicted octanol–water partition coefficient (Wildman–Crippen LogP) is 3.13. The zero-order valence-corrected chi connectivity index (χ0v) is 19.7. The fraction of sp³-hybridized carbons (Fsp3) is 0.357. The maximum absolute atomic E-state index is 13.7. The lowest BCUT2D eigenvalue weighted by atomic mass is 9.92. The van der Waals surface area contributed by atoms with E-state index in [1.807, 2.05) is 23.1 Å². The highest BCUT2D eigenvalue weighted by Gasteiger charge is 2.38. The van der Waals surface area contributed by atoms with E-state index < -0.39 is 6.04 Å². The summed E-state index contributed by atoms with van der Waals surface area (Å²) in [5.41, 5.74) is 4.79. The van der Waals surface area contributed by atoms with E-state index in [9.17, 15) is 9.59 Å². The zero-order valence-electron chi connectivity index (χ0n) is 19.7. The van der Waals surface area contributed by atoms with Crippen molar-refractivity contribution in [3.63, 3.8) is 0 Å². The Morgan fingerprint density at radius 2 is 1.74 bits per heavy atom. The molecule has 1 saturated heterocycles. The molecule has 180 valence electrons. The topological polar surface area (TPSA) is 66.2 Å². The molecule has 0 N–H and O–H groups in total. The Balaban J connectivity index is 1.14. The molecule has 0 unspecified atom stereocenters. The van der Waals surface area contributed by atoms with Gasteiger partial charge in [0.25, 0.3) is 5.91 Å². The summed E-state index contributed by atoms with van der Waals surface area (Å²) in [5, 5.41) is 0. The average Bonchev–Trinajstić information content (AvgIpc) is 3.60. The molecule has 3 aromatic rings. The van der Waals surface area contributed by atoms with Gasteiger partial charge in [-0.1, -0.05) is 36.4 Å². The largest absolute Gasteiger partial charge is 0.493 e. The van der Waals surface area contributed by atoms with Gasteiger partial charge in [-0.25, -0.2) is 0 Å². The minimum Gasteiger partial charge on any atom is -0.493 e. The van der Waals surface area contributed by atoms with E-state index in [2.05, 4.69) is 29.2 Å². The summed E-state index contributed by atoms with van der Waals surface area (Å²) in [5.74, 6) is 1.06. The number of fused-ring (bicyclic) bond motifs is 2. The lowest BCUT2D eigenvalue weighted by Gasteiger charge is -2.41. The Labute approximate surface area is 204 Å². The molecule has 2 aromatic carbocycles. The monoisotopic (exact) mass is 471 g/mol. The average molecular weight is 472 g/mol. The van der Waals surface area contributed by atoms with Crippen LogP contribution in [0.4, 0.5) is 0 Å². The highest BCUT2D eigenvalue weighted by molar-refractivity contribution is 5.96. The Kier molecular flexibility index (Phi) is 5.78. The SMILES string of the molecule is O=C([C@H]1Cc2ccccc2CN1C(=O)c1ccco1)N1CCN(Cc2ccc3c(c2)CCO3)CC1. The van der Waals surface area contributed by atoms with Crippen molar-refractivity contribution in [1.82, 2.24) is 14.7 Å². The molecular weight excluding hydrogens is 442 g/mol. The minimum absolute atomic E-state index is 0.0220. The molecule has 1 atom stereocenters. The van der Waals surface area contributed by atoms with Crippen molar-refractivity contribution in [3.05, 3.63) is 88.9 Å². The molecule has 0 bridgehead atoms. The molecule has 0 spiro atoms. The molecule has 7 heteroatoms. The van der Waals surface area contributed by atoms with Crippen molar-refractivity contribution < 1.29 is 18.7 Å². The van der Waals surface area contributed by atoms with Gasteiger partial charge in [-0.15, -0.1) is 0 Å². The molecule has 3 aliphatic heterocycles. The quantitative estimate of drug-likeness (QED) is 0.585. The van der Waals surface area contributed by atoms with Crippen LogP contribution in [-0.4, -0.2) is 65.3 Å². The Morgan fingerprint density at radius 3 is 2.54 bits per heavy atom. The second kappa shape index (κ2) is 9.23. The van der Waals surface area contributed by atoms with Gasteiger partial charge >= 0.3 is 0 Å². The maximum Gasteiger partial charge on any atom is 0.290 e. The molecular formula is C28H29N3O4. The van der Waals surface area contributed by atoms with Gasteiger partial charge in [-0.3, -0.25) is 14.5 Å². The van der Waals surface area contributed by atoms with E-state index in [-0.39, 0.29) is 17.6 Å². The second-order valence-electron chi connectivity index (χ2n) is 9.54. The standard InChI is InChI=1S/C28H29N3O4/c32-27(30-12-10-29(11-13-30)18-20-7-8-25-22(16-20)9-15-35-25)24-17-21-4-1-2-5-23(21)19-31(24)28(33)26-6-3-14-34-26/h1-8,14,16,24H,9-13,15,17-19H2/t24-/m1/s1. The van der Waals surface area contributed by atoms with Crippen LogP contribution < -0.4 is 4.74 Å². The van der Waals surface area contributed by atoms with E-state index in [4.69, 9.17) is 9.15 Å². The number of piperazine rings is 1. The summed E-state index contributed by atoms with van der Waals surface area (Å²) in [6.45, 7) is 5.00. The third-order valence-corrected chi connectivity index (χ3v) is 7.37. The molecule has 1 aromatic heterocycles. The number of rotatable bonds is 4. The molecule has 6 rings (SSSR count). The lowest BCUT2D eigenvalue weighted by Crippen LogP contribution is -2.57. The molecule has 35 heavy (non-hydrogen) atoms. The number of ether oxygens (including phenoxy) is 1. The number of furan rings is 1. The molecule has 2 amide bonds. The van der Waals surface area contributed by atoms with Gasteiger partial charge < -0.3 is 19.0 Å². The molecule has 0 radical (unpaired) electrons. The molecule has 3 aliphatic rings. The van der Waals surface area contributed by atoms with Crippen LogP contribution in [0.15, 0.2) is 65.3 Å². The van der Waals surface area contributed by atoms with Gasteiger partial charge in [0.1, 0.15) is 11.8 Å². The van der Waals surface area contributed by atoms with Crippen LogP contribution in [0.1, 0.15) is 32.8 Å². The second-order valence-corrected chi connectivity index (χ2v) is 9.54. The first kappa shape index (κ1) is 21.9. The van der Waals surface area contributed by atoms with Gasteiger partial charge in [-0.05, 0) is 40.5 Å². The number of carbonyl (C=O) groups is 2. The predicted molar refractivity (Wildman–Crippen MR) is 130 cm³/mol. The summed E-state index contributed by atoms with van der Waals surface area (Å²) >= 11 is 0. The van der Waals surface area contributed by atoms with Crippen LogP contribution in [0.5, 0.6) is 5.75 Å². The molecule has 0 saturated carbocycles. The van der Waals surface area contributed by atoms with E-state index in [1.165, 1.54) is 17.4 Å². The molecule has 1 fully saturated rings. The summed E-state index contributed by atoms with van der Waals surface area (Å²) in [6.07, 6.45) is 3.00. The van der Waals surface area contributed by atoms with Crippen molar-refractivity contribution in [2.45, 2.75) is 32.0 Å². The fourth-order valence-electron chi connectivity index (χ4n) is 5.43. The van der Waals surface area contributed by atoms with Crippen LogP contribution in [0.2, 0.25) is 0 Å². The Bertz CT molecular complexity index is 1230. The first-order chi connectivity index (χ1) is 17.2. The van der Waals surface area contributed by atoms with Crippen molar-refractivity contribution >= 4 is 11.8 Å². The minimum atomic E-state index is -0.522. The third kappa shape index (κ3) is 4.32. The number of hydrogen-bond donors (Lipinski definition) is 0. The van der Waals surface area contributed by atoms with Gasteiger partial charge in [0.15, 0.2) is 5.76 Å². The summed E-state index contributed by atoms with van der Waals surface area (Å²) in [7, 11) is 0. The highest BCUT2D eigenvalue weighted by atomic mass is 16.5. The van der Waals surface area contributed by atoms with Crippen LogP contribution in [-0.2, 0) is 30.7 Å². The number of carbonyl (C=O) groups excluding carboxylic acids is 2. The number of benzene rings is 2. The maximum atomic E-state index is 13.7. The summed E-state index contributed by atoms with van der Waals surface area (Å²) < 4.78 is 11.0. The smallest absolute Gasteiger partial charge is 0.290 e. The van der Waals surface area contributed by atoms with Crippen molar-refractivity contribution in [3.8, 4) is 5.75 Å². The Hall–Kier alpha value is -3.58. The van der Waals surface area contributed by atoms with Gasteiger partial charge in [-0.2, -0.15) is 0 Å². The van der Waals surface area contributed by atoms with Crippen molar-refractivity contribution in [2.75, 3.05) is 32.8 Å². The Morgan fingerprint density at radius 1 is 0.914 bits per heavy atom. The lowest BCUT2D eigenvalue weighted by molar-refractivity contribution is -0.138. The molecule has 7 nitrogen and oxygen atoms in total. The first-order valence-corrected chi connectivity index (χ1v) is 12.3. The van der Waals surface area contributed by atoms with E-state index in [0.717, 1.165) is 49.5 Å². The first-order valence-electron chi connectivity index (χ1n) is 12.3. The van der Waals surface area contributed by atoms with Crippen LogP contribution in [0.3, 0.4) is 0 Å². The summed E-state index contributed by atoms with van der Waals surface area (Å²) in [4.78, 5) is 33.0. The summed E-state index contributed by atoms with van der Waals surface area (Å²) in [6, 6.07) is 17.4. The number of nitrogens with zero attached hydrogens (tertiary/aromatic N) is 3. The van der Waals surface area contributed by atoms with Crippen LogP contribution in [0, 0.1) is 0 Å². The van der Waals surface area contributed by atoms with E-state index in [0.29, 0.717) is 26.1 Å². The highest BCUT2D eigenvalue weighted by Crippen LogP contribution is 2.28.